The lowest BCUT2D eigenvalue weighted by atomic mass is 10.0. The topological polar surface area (TPSA) is 49.7 Å². The number of aliphatic hydroxyl groups is 2. The lowest BCUT2D eigenvalue weighted by molar-refractivity contribution is 0.0422. The van der Waals surface area contributed by atoms with E-state index in [1.165, 1.54) is 0 Å². The van der Waals surface area contributed by atoms with Crippen LogP contribution in [0.25, 0.3) is 0 Å². The van der Waals surface area contributed by atoms with Gasteiger partial charge in [-0.3, -0.25) is 0 Å². The molecule has 0 saturated carbocycles. The summed E-state index contributed by atoms with van der Waals surface area (Å²) in [7, 11) is 0. The highest BCUT2D eigenvalue weighted by Crippen LogP contribution is 2.19. The minimum Gasteiger partial charge on any atom is -0.394 e. The summed E-state index contributed by atoms with van der Waals surface area (Å²) in [5.74, 6) is 0.0787. The maximum atomic E-state index is 9.06. The van der Waals surface area contributed by atoms with Crippen LogP contribution in [-0.2, 0) is 4.74 Å². The van der Waals surface area contributed by atoms with E-state index in [1.54, 1.807) is 0 Å². The van der Waals surface area contributed by atoms with Crippen molar-refractivity contribution in [1.82, 2.24) is 0 Å². The van der Waals surface area contributed by atoms with Gasteiger partial charge >= 0.3 is 0 Å². The molecule has 1 rings (SSSR count). The minimum atomic E-state index is -0.387. The van der Waals surface area contributed by atoms with Gasteiger partial charge in [-0.25, -0.2) is 0 Å². The molecule has 1 saturated heterocycles. The van der Waals surface area contributed by atoms with Gasteiger partial charge in [0.1, 0.15) is 0 Å². The molecule has 3 nitrogen and oxygen atoms in total. The highest BCUT2D eigenvalue weighted by Gasteiger charge is 2.31. The molecule has 3 heteroatoms. The summed E-state index contributed by atoms with van der Waals surface area (Å²) in [6.45, 7) is 2.25. The van der Waals surface area contributed by atoms with Crippen molar-refractivity contribution in [3.8, 4) is 0 Å². The van der Waals surface area contributed by atoms with Crippen LogP contribution in [-0.4, -0.2) is 35.6 Å². The quantitative estimate of drug-likeness (QED) is 0.499. The molecule has 0 amide bonds. The zero-order chi connectivity index (χ0) is 6.85. The number of rotatable bonds is 1. The summed E-state index contributed by atoms with van der Waals surface area (Å²) >= 11 is 0. The van der Waals surface area contributed by atoms with Crippen LogP contribution in [0.4, 0.5) is 0 Å². The molecule has 0 bridgehead atoms. The average molecular weight is 132 g/mol. The van der Waals surface area contributed by atoms with E-state index >= 15 is 0 Å². The van der Waals surface area contributed by atoms with Gasteiger partial charge in [0.05, 0.1) is 25.4 Å². The van der Waals surface area contributed by atoms with Crippen LogP contribution in [0.1, 0.15) is 6.92 Å². The molecule has 54 valence electrons. The molecule has 0 aromatic rings. The molecule has 0 radical (unpaired) electrons. The predicted molar refractivity (Wildman–Crippen MR) is 32.0 cm³/mol. The Hall–Kier alpha value is -0.120. The zero-order valence-electron chi connectivity index (χ0n) is 5.45. The van der Waals surface area contributed by atoms with Gasteiger partial charge < -0.3 is 14.9 Å². The Morgan fingerprint density at radius 1 is 1.67 bits per heavy atom. The second-order valence-corrected chi connectivity index (χ2v) is 2.48. The van der Waals surface area contributed by atoms with E-state index in [2.05, 4.69) is 0 Å². The molecule has 1 aliphatic rings. The lowest BCUT2D eigenvalue weighted by Crippen LogP contribution is -2.23. The standard InChI is InChI=1S/C6H12O3/c1-4-5(8)3-9-6(4)2-7/h4-8H,2-3H2,1H3/t4-,5-,6+/m0/s1. The summed E-state index contributed by atoms with van der Waals surface area (Å²) in [4.78, 5) is 0. The first-order valence-corrected chi connectivity index (χ1v) is 3.16. The van der Waals surface area contributed by atoms with E-state index in [1.807, 2.05) is 6.92 Å². The molecule has 0 aliphatic carbocycles. The van der Waals surface area contributed by atoms with E-state index in [-0.39, 0.29) is 24.7 Å². The fraction of sp³-hybridized carbons (Fsp3) is 1.00. The van der Waals surface area contributed by atoms with Crippen LogP contribution in [0.3, 0.4) is 0 Å². The van der Waals surface area contributed by atoms with Crippen molar-refractivity contribution >= 4 is 0 Å². The molecule has 0 spiro atoms. The summed E-state index contributed by atoms with van der Waals surface area (Å²) < 4.78 is 5.03. The van der Waals surface area contributed by atoms with Gasteiger partial charge in [-0.2, -0.15) is 0 Å². The van der Waals surface area contributed by atoms with Crippen molar-refractivity contribution in [2.24, 2.45) is 5.92 Å². The van der Waals surface area contributed by atoms with Crippen LogP contribution in [0.15, 0.2) is 0 Å². The third-order valence-electron chi connectivity index (χ3n) is 1.85. The molecule has 0 unspecified atom stereocenters. The third-order valence-corrected chi connectivity index (χ3v) is 1.85. The molecule has 0 aromatic carbocycles. The van der Waals surface area contributed by atoms with Gasteiger partial charge in [0, 0.05) is 5.92 Å². The molecular weight excluding hydrogens is 120 g/mol. The fourth-order valence-corrected chi connectivity index (χ4v) is 0.992. The van der Waals surface area contributed by atoms with E-state index in [9.17, 15) is 0 Å². The smallest absolute Gasteiger partial charge is 0.0857 e. The Labute approximate surface area is 54.3 Å². The fourth-order valence-electron chi connectivity index (χ4n) is 0.992. The normalized spacial score (nSPS) is 43.7. The van der Waals surface area contributed by atoms with Crippen molar-refractivity contribution in [1.29, 1.82) is 0 Å². The second-order valence-electron chi connectivity index (χ2n) is 2.48. The van der Waals surface area contributed by atoms with Crippen LogP contribution in [0.2, 0.25) is 0 Å². The summed E-state index contributed by atoms with van der Waals surface area (Å²) in [6, 6.07) is 0. The van der Waals surface area contributed by atoms with Crippen molar-refractivity contribution in [3.63, 3.8) is 0 Å². The van der Waals surface area contributed by atoms with Gasteiger partial charge in [-0.05, 0) is 0 Å². The van der Waals surface area contributed by atoms with Crippen LogP contribution >= 0.6 is 0 Å². The molecule has 3 atom stereocenters. The van der Waals surface area contributed by atoms with Crippen molar-refractivity contribution in [2.75, 3.05) is 13.2 Å². The monoisotopic (exact) mass is 132 g/mol. The SMILES string of the molecule is C[C@H]1[C@@H](O)CO[C@@H]1CO. The molecular formula is C6H12O3. The predicted octanol–water partition coefficient (Wildman–Crippen LogP) is -0.626. The molecule has 9 heavy (non-hydrogen) atoms. The maximum absolute atomic E-state index is 9.06. The Kier molecular flexibility index (Phi) is 2.05. The van der Waals surface area contributed by atoms with Crippen LogP contribution in [0.5, 0.6) is 0 Å². The Bertz CT molecular complexity index is 94.3. The summed E-state index contributed by atoms with van der Waals surface area (Å²) in [6.07, 6.45) is -0.540. The van der Waals surface area contributed by atoms with Crippen molar-refractivity contribution in [3.05, 3.63) is 0 Å². The second kappa shape index (κ2) is 2.64. The largest absolute Gasteiger partial charge is 0.394 e. The van der Waals surface area contributed by atoms with Crippen LogP contribution in [0, 0.1) is 5.92 Å². The highest BCUT2D eigenvalue weighted by molar-refractivity contribution is 4.79. The molecule has 1 fully saturated rings. The Morgan fingerprint density at radius 3 is 2.56 bits per heavy atom. The van der Waals surface area contributed by atoms with E-state index < -0.39 is 0 Å². The first-order chi connectivity index (χ1) is 4.25. The van der Waals surface area contributed by atoms with Crippen LogP contribution < -0.4 is 0 Å². The van der Waals surface area contributed by atoms with Gasteiger partial charge in [0.2, 0.25) is 0 Å². The molecule has 2 N–H and O–H groups in total. The van der Waals surface area contributed by atoms with Crippen molar-refractivity contribution in [2.45, 2.75) is 19.1 Å². The minimum absolute atomic E-state index is 0.0121. The highest BCUT2D eigenvalue weighted by atomic mass is 16.5. The van der Waals surface area contributed by atoms with Crippen molar-refractivity contribution < 1.29 is 14.9 Å². The number of hydrogen-bond donors (Lipinski definition) is 2. The molecule has 1 aliphatic heterocycles. The summed E-state index contributed by atoms with van der Waals surface area (Å²) in [5.41, 5.74) is 0. The van der Waals surface area contributed by atoms with Gasteiger partial charge in [-0.1, -0.05) is 6.92 Å². The maximum Gasteiger partial charge on any atom is 0.0857 e. The Morgan fingerprint density at radius 2 is 2.33 bits per heavy atom. The number of ether oxygens (including phenoxy) is 1. The average Bonchev–Trinajstić information content (AvgIpc) is 2.15. The first kappa shape index (κ1) is 6.99. The van der Waals surface area contributed by atoms with E-state index in [0.717, 1.165) is 0 Å². The lowest BCUT2D eigenvalue weighted by Gasteiger charge is -2.11. The van der Waals surface area contributed by atoms with Gasteiger partial charge in [0.25, 0.3) is 0 Å². The first-order valence-electron chi connectivity index (χ1n) is 3.16. The summed E-state index contributed by atoms with van der Waals surface area (Å²) in [5, 5.41) is 17.7. The zero-order valence-corrected chi connectivity index (χ0v) is 5.45. The van der Waals surface area contributed by atoms with E-state index in [0.29, 0.717) is 6.61 Å². The van der Waals surface area contributed by atoms with E-state index in [4.69, 9.17) is 14.9 Å². The van der Waals surface area contributed by atoms with Gasteiger partial charge in [0.15, 0.2) is 0 Å². The number of hydrogen-bond acceptors (Lipinski definition) is 3. The molecule has 0 aromatic heterocycles. The molecule has 1 heterocycles. The number of aliphatic hydroxyl groups excluding tert-OH is 2. The Balaban J connectivity index is 2.41. The van der Waals surface area contributed by atoms with Gasteiger partial charge in [-0.15, -0.1) is 0 Å². The third kappa shape index (κ3) is 1.23.